The van der Waals surface area contributed by atoms with Crippen LogP contribution < -0.4 is 4.74 Å². The summed E-state index contributed by atoms with van der Waals surface area (Å²) in [6, 6.07) is 7.25. The molecule has 1 aromatic carbocycles. The van der Waals surface area contributed by atoms with Gasteiger partial charge in [-0.2, -0.15) is 0 Å². The van der Waals surface area contributed by atoms with E-state index in [1.165, 1.54) is 0 Å². The zero-order valence-electron chi connectivity index (χ0n) is 12.0. The average Bonchev–Trinajstić information content (AvgIpc) is 2.62. The van der Waals surface area contributed by atoms with Crippen LogP contribution in [-0.4, -0.2) is 45.7 Å². The number of hydrogen-bond acceptors (Lipinski definition) is 3. The molecule has 0 aliphatic carbocycles. The zero-order valence-corrected chi connectivity index (χ0v) is 12.8. The Morgan fingerprint density at radius 1 is 1.45 bits per heavy atom. The lowest BCUT2D eigenvalue weighted by molar-refractivity contribution is 0.0766. The second-order valence-electron chi connectivity index (χ2n) is 4.94. The predicted molar refractivity (Wildman–Crippen MR) is 80.6 cm³/mol. The number of benzene rings is 1. The number of ether oxygens (including phenoxy) is 1. The number of carbonyl (C=O) groups is 1. The van der Waals surface area contributed by atoms with Crippen LogP contribution in [0.5, 0.6) is 5.75 Å². The maximum atomic E-state index is 12.5. The molecule has 110 valence electrons. The summed E-state index contributed by atoms with van der Waals surface area (Å²) in [6.07, 6.45) is 0.795. The smallest absolute Gasteiger partial charge is 0.254 e. The fourth-order valence-electron chi connectivity index (χ4n) is 2.25. The standard InChI is InChI=1S/C15H21NO3S/c1-3-19-14-6-4-5-13(11-14)15(17)16-8-7-12(2)20(18)10-9-16/h4-6,11-12H,3,7-10H2,1-2H3/t12-,20+/m1/s1. The lowest BCUT2D eigenvalue weighted by atomic mass is 10.1. The molecular formula is C15H21NO3S. The Balaban J connectivity index is 2.10. The van der Waals surface area contributed by atoms with Crippen LogP contribution in [0.1, 0.15) is 30.6 Å². The fourth-order valence-corrected chi connectivity index (χ4v) is 3.42. The van der Waals surface area contributed by atoms with E-state index in [0.717, 1.165) is 6.42 Å². The van der Waals surface area contributed by atoms with Crippen molar-refractivity contribution in [2.45, 2.75) is 25.5 Å². The first-order valence-corrected chi connectivity index (χ1v) is 8.39. The van der Waals surface area contributed by atoms with Crippen molar-refractivity contribution in [2.75, 3.05) is 25.4 Å². The van der Waals surface area contributed by atoms with Gasteiger partial charge in [0.15, 0.2) is 0 Å². The van der Waals surface area contributed by atoms with Crippen molar-refractivity contribution in [3.05, 3.63) is 29.8 Å². The Bertz CT molecular complexity index is 504. The number of carbonyl (C=O) groups excluding carboxylic acids is 1. The molecule has 1 amide bonds. The molecule has 0 aromatic heterocycles. The summed E-state index contributed by atoms with van der Waals surface area (Å²) in [5.74, 6) is 1.28. The van der Waals surface area contributed by atoms with Gasteiger partial charge in [-0.15, -0.1) is 0 Å². The van der Waals surface area contributed by atoms with Crippen LogP contribution in [0.3, 0.4) is 0 Å². The minimum Gasteiger partial charge on any atom is -0.494 e. The van der Waals surface area contributed by atoms with Crippen LogP contribution in [0.25, 0.3) is 0 Å². The third-order valence-corrected chi connectivity index (χ3v) is 5.21. The van der Waals surface area contributed by atoms with Gasteiger partial charge in [0.1, 0.15) is 5.75 Å². The van der Waals surface area contributed by atoms with Crippen LogP contribution in [0.2, 0.25) is 0 Å². The quantitative estimate of drug-likeness (QED) is 0.857. The van der Waals surface area contributed by atoms with Crippen LogP contribution in [0.15, 0.2) is 24.3 Å². The number of amides is 1. The molecule has 5 heteroatoms. The van der Waals surface area contributed by atoms with Gasteiger partial charge in [-0.25, -0.2) is 0 Å². The Morgan fingerprint density at radius 3 is 3.00 bits per heavy atom. The Hall–Kier alpha value is -1.36. The molecule has 1 aliphatic rings. The summed E-state index contributed by atoms with van der Waals surface area (Å²) >= 11 is 0. The first-order chi connectivity index (χ1) is 9.61. The lowest BCUT2D eigenvalue weighted by Crippen LogP contribution is -2.33. The highest BCUT2D eigenvalue weighted by atomic mass is 32.2. The van der Waals surface area contributed by atoms with Crippen molar-refractivity contribution < 1.29 is 13.7 Å². The van der Waals surface area contributed by atoms with Gasteiger partial charge in [0.25, 0.3) is 5.91 Å². The topological polar surface area (TPSA) is 46.6 Å². The second-order valence-corrected chi connectivity index (χ2v) is 6.91. The molecule has 20 heavy (non-hydrogen) atoms. The molecule has 1 aliphatic heterocycles. The largest absolute Gasteiger partial charge is 0.494 e. The van der Waals surface area contributed by atoms with Gasteiger partial charge in [-0.3, -0.25) is 9.00 Å². The highest BCUT2D eigenvalue weighted by Gasteiger charge is 2.23. The molecule has 2 atom stereocenters. The lowest BCUT2D eigenvalue weighted by Gasteiger charge is -2.20. The summed E-state index contributed by atoms with van der Waals surface area (Å²) in [6.45, 7) is 5.72. The van der Waals surface area contributed by atoms with Gasteiger partial charge >= 0.3 is 0 Å². The molecule has 1 heterocycles. The normalized spacial score (nSPS) is 23.2. The molecule has 0 unspecified atom stereocenters. The molecule has 2 rings (SSSR count). The minimum atomic E-state index is -0.822. The van der Waals surface area contributed by atoms with Crippen molar-refractivity contribution in [1.29, 1.82) is 0 Å². The monoisotopic (exact) mass is 295 g/mol. The van der Waals surface area contributed by atoms with E-state index in [1.54, 1.807) is 17.0 Å². The Labute approximate surface area is 122 Å². The van der Waals surface area contributed by atoms with Gasteiger partial charge in [-0.1, -0.05) is 13.0 Å². The Kier molecular flexibility index (Phi) is 5.17. The van der Waals surface area contributed by atoms with Crippen molar-refractivity contribution in [2.24, 2.45) is 0 Å². The SMILES string of the molecule is CCOc1cccc(C(=O)N2CC[C@@H](C)[S@@](=O)CC2)c1. The molecule has 1 aromatic rings. The van der Waals surface area contributed by atoms with Crippen LogP contribution >= 0.6 is 0 Å². The molecule has 0 radical (unpaired) electrons. The average molecular weight is 295 g/mol. The third kappa shape index (κ3) is 3.60. The van der Waals surface area contributed by atoms with E-state index in [-0.39, 0.29) is 11.2 Å². The molecular weight excluding hydrogens is 274 g/mol. The summed E-state index contributed by atoms with van der Waals surface area (Å²) in [5.41, 5.74) is 0.635. The van der Waals surface area contributed by atoms with E-state index in [4.69, 9.17) is 4.74 Å². The highest BCUT2D eigenvalue weighted by Crippen LogP contribution is 2.17. The van der Waals surface area contributed by atoms with Gasteiger partial charge in [0.05, 0.1) is 6.61 Å². The fraction of sp³-hybridized carbons (Fsp3) is 0.533. The number of nitrogens with zero attached hydrogens (tertiary/aromatic N) is 1. The van der Waals surface area contributed by atoms with Crippen molar-refractivity contribution in [1.82, 2.24) is 4.90 Å². The first kappa shape index (κ1) is 15.0. The minimum absolute atomic E-state index is 0.00217. The highest BCUT2D eigenvalue weighted by molar-refractivity contribution is 7.85. The summed E-state index contributed by atoms with van der Waals surface area (Å²) < 4.78 is 17.2. The summed E-state index contributed by atoms with van der Waals surface area (Å²) in [4.78, 5) is 14.3. The molecule has 0 saturated carbocycles. The second kappa shape index (κ2) is 6.88. The van der Waals surface area contributed by atoms with Gasteiger partial charge < -0.3 is 9.64 Å². The predicted octanol–water partition coefficient (Wildman–Crippen LogP) is 2.07. The maximum absolute atomic E-state index is 12.5. The maximum Gasteiger partial charge on any atom is 0.254 e. The molecule has 0 N–H and O–H groups in total. The first-order valence-electron chi connectivity index (χ1n) is 7.01. The van der Waals surface area contributed by atoms with Gasteiger partial charge in [0.2, 0.25) is 0 Å². The van der Waals surface area contributed by atoms with E-state index >= 15 is 0 Å². The van der Waals surface area contributed by atoms with Gasteiger partial charge in [-0.05, 0) is 31.5 Å². The summed E-state index contributed by atoms with van der Waals surface area (Å²) in [7, 11) is -0.822. The van der Waals surface area contributed by atoms with Crippen molar-refractivity contribution in [3.63, 3.8) is 0 Å². The van der Waals surface area contributed by atoms with Crippen molar-refractivity contribution >= 4 is 16.7 Å². The van der Waals surface area contributed by atoms with Crippen LogP contribution in [0.4, 0.5) is 0 Å². The van der Waals surface area contributed by atoms with E-state index in [1.807, 2.05) is 26.0 Å². The number of hydrogen-bond donors (Lipinski definition) is 0. The molecule has 1 fully saturated rings. The van der Waals surface area contributed by atoms with Gasteiger partial charge in [0, 0.05) is 40.5 Å². The van der Waals surface area contributed by atoms with Crippen molar-refractivity contribution in [3.8, 4) is 5.75 Å². The summed E-state index contributed by atoms with van der Waals surface area (Å²) in [5, 5.41) is 0.169. The van der Waals surface area contributed by atoms with Crippen LogP contribution in [-0.2, 0) is 10.8 Å². The van der Waals surface area contributed by atoms with E-state index in [9.17, 15) is 9.00 Å². The number of rotatable bonds is 3. The van der Waals surface area contributed by atoms with E-state index in [2.05, 4.69) is 0 Å². The molecule has 4 nitrogen and oxygen atoms in total. The van der Waals surface area contributed by atoms with E-state index in [0.29, 0.717) is 36.8 Å². The Morgan fingerprint density at radius 2 is 2.25 bits per heavy atom. The zero-order chi connectivity index (χ0) is 14.5. The molecule has 1 saturated heterocycles. The third-order valence-electron chi connectivity index (χ3n) is 3.50. The molecule has 0 bridgehead atoms. The van der Waals surface area contributed by atoms with E-state index < -0.39 is 10.8 Å². The molecule has 0 spiro atoms. The van der Waals surface area contributed by atoms with Crippen LogP contribution in [0, 0.1) is 0 Å².